The van der Waals surface area contributed by atoms with Gasteiger partial charge in [0.05, 0.1) is 5.71 Å². The van der Waals surface area contributed by atoms with Gasteiger partial charge in [-0.3, -0.25) is 4.79 Å². The Hall–Kier alpha value is -2.08. The maximum Gasteiger partial charge on any atom is 0.271 e. The number of thioether (sulfide) groups is 1. The van der Waals surface area contributed by atoms with E-state index in [9.17, 15) is 4.79 Å². The van der Waals surface area contributed by atoms with E-state index in [0.29, 0.717) is 5.56 Å². The maximum absolute atomic E-state index is 12.3. The van der Waals surface area contributed by atoms with E-state index in [4.69, 9.17) is 11.6 Å². The first-order valence-corrected chi connectivity index (χ1v) is 10.7. The minimum Gasteiger partial charge on any atom is -0.267 e. The van der Waals surface area contributed by atoms with Crippen molar-refractivity contribution < 1.29 is 4.79 Å². The van der Waals surface area contributed by atoms with Gasteiger partial charge in [0.1, 0.15) is 0 Å². The fourth-order valence-corrected chi connectivity index (χ4v) is 3.81. The number of nitrogens with zero attached hydrogens (tertiary/aromatic N) is 1. The molecule has 3 rings (SSSR count). The van der Waals surface area contributed by atoms with Crippen LogP contribution in [0.4, 0.5) is 0 Å². The molecule has 0 aromatic heterocycles. The van der Waals surface area contributed by atoms with E-state index in [1.54, 1.807) is 11.8 Å². The number of rotatable bonds is 6. The molecule has 3 aromatic carbocycles. The lowest BCUT2D eigenvalue weighted by atomic mass is 10.1. The number of hydrogen-bond donors (Lipinski definition) is 1. The molecule has 0 saturated heterocycles. The number of nitrogens with one attached hydrogen (secondary N) is 1. The van der Waals surface area contributed by atoms with Crippen LogP contribution in [0.25, 0.3) is 0 Å². The number of carbonyl (C=O) groups is 1. The fourth-order valence-electron chi connectivity index (χ4n) is 2.43. The second kappa shape index (κ2) is 9.92. The lowest BCUT2D eigenvalue weighted by Gasteiger charge is -2.05. The Bertz CT molecular complexity index is 988. The number of amides is 1. The Morgan fingerprint density at radius 1 is 1.04 bits per heavy atom. The first kappa shape index (κ1) is 20.6. The topological polar surface area (TPSA) is 41.5 Å². The van der Waals surface area contributed by atoms with Crippen LogP contribution in [-0.2, 0) is 5.75 Å². The zero-order valence-corrected chi connectivity index (χ0v) is 18.3. The maximum atomic E-state index is 12.3. The normalized spacial score (nSPS) is 11.3. The van der Waals surface area contributed by atoms with E-state index in [1.165, 1.54) is 0 Å². The SMILES string of the molecule is C/C(=N/NC(=O)c1ccc(CSc2ccc(Cl)cc2)cc1)c1cccc(Br)c1. The third-order valence-corrected chi connectivity index (χ3v) is 5.83. The average molecular weight is 474 g/mol. The van der Waals surface area contributed by atoms with Crippen molar-refractivity contribution in [3.8, 4) is 0 Å². The lowest BCUT2D eigenvalue weighted by molar-refractivity contribution is 0.0955. The van der Waals surface area contributed by atoms with Gasteiger partial charge in [0.25, 0.3) is 5.91 Å². The highest BCUT2D eigenvalue weighted by atomic mass is 79.9. The summed E-state index contributed by atoms with van der Waals surface area (Å²) in [4.78, 5) is 13.5. The highest BCUT2D eigenvalue weighted by Gasteiger charge is 2.06. The molecule has 0 fully saturated rings. The average Bonchev–Trinajstić information content (AvgIpc) is 2.71. The highest BCUT2D eigenvalue weighted by Crippen LogP contribution is 2.24. The summed E-state index contributed by atoms with van der Waals surface area (Å²) >= 11 is 11.1. The van der Waals surface area contributed by atoms with E-state index in [2.05, 4.69) is 26.5 Å². The van der Waals surface area contributed by atoms with Gasteiger partial charge in [0.15, 0.2) is 0 Å². The Morgan fingerprint density at radius 2 is 1.75 bits per heavy atom. The second-order valence-corrected chi connectivity index (χ2v) is 8.49. The van der Waals surface area contributed by atoms with Crippen LogP contribution < -0.4 is 5.43 Å². The summed E-state index contributed by atoms with van der Waals surface area (Å²) in [5.41, 5.74) is 6.02. The van der Waals surface area contributed by atoms with Crippen LogP contribution in [0.1, 0.15) is 28.4 Å². The van der Waals surface area contributed by atoms with E-state index in [-0.39, 0.29) is 5.91 Å². The summed E-state index contributed by atoms with van der Waals surface area (Å²) in [6.45, 7) is 1.86. The number of hydrogen-bond acceptors (Lipinski definition) is 3. The first-order valence-electron chi connectivity index (χ1n) is 8.59. The van der Waals surface area contributed by atoms with Gasteiger partial charge in [0.2, 0.25) is 0 Å². The number of hydrazone groups is 1. The summed E-state index contributed by atoms with van der Waals surface area (Å²) < 4.78 is 0.970. The standard InChI is InChI=1S/C22H18BrClN2OS/c1-15(18-3-2-4-19(23)13-18)25-26-22(27)17-7-5-16(6-8-17)14-28-21-11-9-20(24)10-12-21/h2-13H,14H2,1H3,(H,26,27)/b25-15-. The van der Waals surface area contributed by atoms with Crippen molar-refractivity contribution in [2.24, 2.45) is 5.10 Å². The molecule has 0 aliphatic carbocycles. The predicted octanol–water partition coefficient (Wildman–Crippen LogP) is 6.55. The largest absolute Gasteiger partial charge is 0.271 e. The van der Waals surface area contributed by atoms with Crippen LogP contribution >= 0.6 is 39.3 Å². The van der Waals surface area contributed by atoms with Crippen LogP contribution in [0.15, 0.2) is 87.3 Å². The Balaban J connectivity index is 1.57. The summed E-state index contributed by atoms with van der Waals surface area (Å²) in [6.07, 6.45) is 0. The first-order chi connectivity index (χ1) is 13.5. The van der Waals surface area contributed by atoms with Gasteiger partial charge < -0.3 is 0 Å². The Morgan fingerprint density at radius 3 is 2.43 bits per heavy atom. The molecule has 28 heavy (non-hydrogen) atoms. The molecule has 0 saturated carbocycles. The number of halogens is 2. The zero-order valence-electron chi connectivity index (χ0n) is 15.2. The van der Waals surface area contributed by atoms with Crippen molar-refractivity contribution in [1.29, 1.82) is 0 Å². The van der Waals surface area contributed by atoms with Crippen molar-refractivity contribution in [1.82, 2.24) is 5.43 Å². The molecule has 142 valence electrons. The van der Waals surface area contributed by atoms with Gasteiger partial charge in [-0.15, -0.1) is 11.8 Å². The molecule has 0 spiro atoms. The van der Waals surface area contributed by atoms with Crippen molar-refractivity contribution in [2.75, 3.05) is 0 Å². The molecule has 0 radical (unpaired) electrons. The smallest absolute Gasteiger partial charge is 0.267 e. The molecule has 0 heterocycles. The minimum absolute atomic E-state index is 0.230. The number of carbonyl (C=O) groups excluding carboxylic acids is 1. The molecule has 0 aliphatic rings. The number of benzene rings is 3. The van der Waals surface area contributed by atoms with Crippen molar-refractivity contribution in [3.05, 3.63) is 99.0 Å². The summed E-state index contributed by atoms with van der Waals surface area (Å²) in [5.74, 6) is 0.593. The third-order valence-electron chi connectivity index (χ3n) is 4.00. The monoisotopic (exact) mass is 472 g/mol. The summed E-state index contributed by atoms with van der Waals surface area (Å²) in [6, 6.07) is 23.1. The van der Waals surface area contributed by atoms with E-state index in [1.807, 2.05) is 79.7 Å². The van der Waals surface area contributed by atoms with Gasteiger partial charge >= 0.3 is 0 Å². The second-order valence-electron chi connectivity index (χ2n) is 6.09. The van der Waals surface area contributed by atoms with E-state index in [0.717, 1.165) is 37.0 Å². The van der Waals surface area contributed by atoms with Gasteiger partial charge in [0, 0.05) is 25.7 Å². The molecule has 0 unspecified atom stereocenters. The molecular weight excluding hydrogens is 456 g/mol. The molecule has 0 atom stereocenters. The molecule has 0 aliphatic heterocycles. The van der Waals surface area contributed by atoms with Gasteiger partial charge in [-0.25, -0.2) is 5.43 Å². The fraction of sp³-hybridized carbons (Fsp3) is 0.0909. The molecule has 3 aromatic rings. The van der Waals surface area contributed by atoms with Gasteiger partial charge in [-0.2, -0.15) is 5.10 Å². The van der Waals surface area contributed by atoms with E-state index < -0.39 is 0 Å². The van der Waals surface area contributed by atoms with Crippen LogP contribution in [0, 0.1) is 0 Å². The molecule has 6 heteroatoms. The van der Waals surface area contributed by atoms with Crippen molar-refractivity contribution >= 4 is 50.9 Å². The van der Waals surface area contributed by atoms with Gasteiger partial charge in [-0.05, 0) is 66.6 Å². The summed E-state index contributed by atoms with van der Waals surface area (Å²) in [7, 11) is 0. The lowest BCUT2D eigenvalue weighted by Crippen LogP contribution is -2.19. The zero-order chi connectivity index (χ0) is 19.9. The van der Waals surface area contributed by atoms with Crippen molar-refractivity contribution in [2.45, 2.75) is 17.6 Å². The minimum atomic E-state index is -0.230. The quantitative estimate of drug-likeness (QED) is 0.250. The van der Waals surface area contributed by atoms with Crippen LogP contribution in [0.3, 0.4) is 0 Å². The highest BCUT2D eigenvalue weighted by molar-refractivity contribution is 9.10. The summed E-state index contributed by atoms with van der Waals surface area (Å²) in [5, 5.41) is 4.93. The van der Waals surface area contributed by atoms with Crippen LogP contribution in [-0.4, -0.2) is 11.6 Å². The predicted molar refractivity (Wildman–Crippen MR) is 121 cm³/mol. The van der Waals surface area contributed by atoms with Crippen molar-refractivity contribution in [3.63, 3.8) is 0 Å². The third kappa shape index (κ3) is 5.96. The molecule has 0 bridgehead atoms. The van der Waals surface area contributed by atoms with Crippen LogP contribution in [0.2, 0.25) is 5.02 Å². The Labute approximate surface area is 182 Å². The van der Waals surface area contributed by atoms with Crippen LogP contribution in [0.5, 0.6) is 0 Å². The van der Waals surface area contributed by atoms with E-state index >= 15 is 0 Å². The molecular formula is C22H18BrClN2OS. The molecule has 3 nitrogen and oxygen atoms in total. The Kier molecular flexibility index (Phi) is 7.31. The van der Waals surface area contributed by atoms with Gasteiger partial charge in [-0.1, -0.05) is 51.8 Å². The molecule has 1 amide bonds. The molecule has 1 N–H and O–H groups in total.